The molecule has 0 aromatic heterocycles. The summed E-state index contributed by atoms with van der Waals surface area (Å²) in [5, 5.41) is 3.01. The van der Waals surface area contributed by atoms with Crippen LogP contribution < -0.4 is 14.8 Å². The van der Waals surface area contributed by atoms with Crippen molar-refractivity contribution in [2.75, 3.05) is 20.8 Å². The predicted octanol–water partition coefficient (Wildman–Crippen LogP) is 3.72. The van der Waals surface area contributed by atoms with E-state index in [9.17, 15) is 4.79 Å². The smallest absolute Gasteiger partial charge is 0.220 e. The lowest BCUT2D eigenvalue weighted by Gasteiger charge is -2.11. The highest BCUT2D eigenvalue weighted by molar-refractivity contribution is 5.75. The summed E-state index contributed by atoms with van der Waals surface area (Å²) in [7, 11) is 3.26. The molecule has 0 spiro atoms. The Bertz CT molecular complexity index is 495. The van der Waals surface area contributed by atoms with E-state index in [1.807, 2.05) is 18.2 Å². The highest BCUT2D eigenvalue weighted by Crippen LogP contribution is 2.29. The van der Waals surface area contributed by atoms with Crippen molar-refractivity contribution in [3.8, 4) is 11.5 Å². The molecule has 4 heteroatoms. The number of ether oxygens (including phenoxy) is 2. The lowest BCUT2D eigenvalue weighted by molar-refractivity contribution is -0.121. The number of hydrogen-bond donors (Lipinski definition) is 1. The van der Waals surface area contributed by atoms with E-state index in [4.69, 9.17) is 9.47 Å². The van der Waals surface area contributed by atoms with Crippen LogP contribution in [0, 0.1) is 5.92 Å². The molecule has 1 aliphatic carbocycles. The second-order valence-electron chi connectivity index (χ2n) is 6.33. The summed E-state index contributed by atoms with van der Waals surface area (Å²) < 4.78 is 10.5. The third-order valence-electron chi connectivity index (χ3n) is 4.67. The van der Waals surface area contributed by atoms with Gasteiger partial charge in [0.1, 0.15) is 0 Å². The standard InChI is InChI=1S/C19H29NO3/c1-22-17-11-10-16(14-18(17)23-2)12-13-20-19(21)9-5-8-15-6-3-4-7-15/h10-11,14-15H,3-9,12-13H2,1-2H3,(H,20,21). The number of rotatable bonds is 9. The summed E-state index contributed by atoms with van der Waals surface area (Å²) in [6.45, 7) is 0.664. The van der Waals surface area contributed by atoms with Crippen LogP contribution in [0.5, 0.6) is 11.5 Å². The van der Waals surface area contributed by atoms with E-state index in [0.29, 0.717) is 13.0 Å². The van der Waals surface area contributed by atoms with Gasteiger partial charge >= 0.3 is 0 Å². The maximum absolute atomic E-state index is 11.9. The molecular formula is C19H29NO3. The number of carbonyl (C=O) groups excluding carboxylic acids is 1. The monoisotopic (exact) mass is 319 g/mol. The van der Waals surface area contributed by atoms with Gasteiger partial charge in [0.05, 0.1) is 14.2 Å². The van der Waals surface area contributed by atoms with Gasteiger partial charge in [-0.15, -0.1) is 0 Å². The third kappa shape index (κ3) is 5.77. The van der Waals surface area contributed by atoms with E-state index in [1.54, 1.807) is 14.2 Å². The molecule has 1 aromatic carbocycles. The van der Waals surface area contributed by atoms with E-state index in [0.717, 1.165) is 35.8 Å². The summed E-state index contributed by atoms with van der Waals surface area (Å²) >= 11 is 0. The lowest BCUT2D eigenvalue weighted by Crippen LogP contribution is -2.25. The number of amides is 1. The van der Waals surface area contributed by atoms with Gasteiger partial charge in [0.25, 0.3) is 0 Å². The molecule has 0 radical (unpaired) electrons. The Morgan fingerprint density at radius 1 is 1.17 bits per heavy atom. The second-order valence-corrected chi connectivity index (χ2v) is 6.33. The van der Waals surface area contributed by atoms with Crippen molar-refractivity contribution in [1.82, 2.24) is 5.32 Å². The van der Waals surface area contributed by atoms with Gasteiger partial charge in [-0.05, 0) is 42.9 Å². The molecule has 1 amide bonds. The van der Waals surface area contributed by atoms with Crippen LogP contribution in [0.1, 0.15) is 50.5 Å². The van der Waals surface area contributed by atoms with E-state index in [2.05, 4.69) is 5.32 Å². The molecule has 0 heterocycles. The van der Waals surface area contributed by atoms with Gasteiger partial charge in [0, 0.05) is 13.0 Å². The van der Waals surface area contributed by atoms with Crippen molar-refractivity contribution in [2.24, 2.45) is 5.92 Å². The fraction of sp³-hybridized carbons (Fsp3) is 0.632. The van der Waals surface area contributed by atoms with Gasteiger partial charge in [0.15, 0.2) is 11.5 Å². The predicted molar refractivity (Wildman–Crippen MR) is 92.1 cm³/mol. The number of carbonyl (C=O) groups is 1. The topological polar surface area (TPSA) is 47.6 Å². The molecule has 0 saturated heterocycles. The van der Waals surface area contributed by atoms with Crippen molar-refractivity contribution in [2.45, 2.75) is 51.4 Å². The first kappa shape index (κ1) is 17.6. The Labute approximate surface area is 139 Å². The highest BCUT2D eigenvalue weighted by Gasteiger charge is 2.14. The molecular weight excluding hydrogens is 290 g/mol. The van der Waals surface area contributed by atoms with Gasteiger partial charge in [-0.25, -0.2) is 0 Å². The molecule has 0 unspecified atom stereocenters. The molecule has 1 aromatic rings. The van der Waals surface area contributed by atoms with Crippen molar-refractivity contribution in [3.05, 3.63) is 23.8 Å². The first-order chi connectivity index (χ1) is 11.2. The molecule has 2 rings (SSSR count). The number of nitrogens with one attached hydrogen (secondary N) is 1. The summed E-state index contributed by atoms with van der Waals surface area (Å²) in [6, 6.07) is 5.87. The second kappa shape index (κ2) is 9.43. The Kier molecular flexibility index (Phi) is 7.24. The third-order valence-corrected chi connectivity index (χ3v) is 4.67. The van der Waals surface area contributed by atoms with Gasteiger partial charge < -0.3 is 14.8 Å². The van der Waals surface area contributed by atoms with Crippen LogP contribution in [-0.2, 0) is 11.2 Å². The molecule has 128 valence electrons. The minimum Gasteiger partial charge on any atom is -0.493 e. The number of hydrogen-bond acceptors (Lipinski definition) is 3. The van der Waals surface area contributed by atoms with Gasteiger partial charge in [-0.3, -0.25) is 4.79 Å². The molecule has 0 bridgehead atoms. The van der Waals surface area contributed by atoms with Gasteiger partial charge in [0.2, 0.25) is 5.91 Å². The van der Waals surface area contributed by atoms with Crippen LogP contribution in [0.4, 0.5) is 0 Å². The van der Waals surface area contributed by atoms with Crippen LogP contribution in [0.3, 0.4) is 0 Å². The largest absolute Gasteiger partial charge is 0.493 e. The van der Waals surface area contributed by atoms with E-state index in [-0.39, 0.29) is 5.91 Å². The number of methoxy groups -OCH3 is 2. The van der Waals surface area contributed by atoms with Gasteiger partial charge in [-0.1, -0.05) is 31.7 Å². The van der Waals surface area contributed by atoms with Crippen LogP contribution >= 0.6 is 0 Å². The zero-order valence-corrected chi connectivity index (χ0v) is 14.4. The first-order valence-electron chi connectivity index (χ1n) is 8.70. The Morgan fingerprint density at radius 2 is 1.91 bits per heavy atom. The van der Waals surface area contributed by atoms with Crippen molar-refractivity contribution in [1.29, 1.82) is 0 Å². The van der Waals surface area contributed by atoms with Crippen molar-refractivity contribution in [3.63, 3.8) is 0 Å². The maximum Gasteiger partial charge on any atom is 0.220 e. The average molecular weight is 319 g/mol. The molecule has 0 aliphatic heterocycles. The van der Waals surface area contributed by atoms with Gasteiger partial charge in [-0.2, -0.15) is 0 Å². The molecule has 0 atom stereocenters. The highest BCUT2D eigenvalue weighted by atomic mass is 16.5. The maximum atomic E-state index is 11.9. The van der Waals surface area contributed by atoms with E-state index >= 15 is 0 Å². The minimum absolute atomic E-state index is 0.170. The van der Waals surface area contributed by atoms with Crippen LogP contribution in [-0.4, -0.2) is 26.7 Å². The van der Waals surface area contributed by atoms with Crippen molar-refractivity contribution >= 4 is 5.91 Å². The Morgan fingerprint density at radius 3 is 2.61 bits per heavy atom. The van der Waals surface area contributed by atoms with Crippen LogP contribution in [0.25, 0.3) is 0 Å². The number of benzene rings is 1. The van der Waals surface area contributed by atoms with E-state index in [1.165, 1.54) is 32.1 Å². The van der Waals surface area contributed by atoms with Crippen LogP contribution in [0.15, 0.2) is 18.2 Å². The fourth-order valence-electron chi connectivity index (χ4n) is 3.32. The molecule has 1 saturated carbocycles. The average Bonchev–Trinajstić information content (AvgIpc) is 3.08. The summed E-state index contributed by atoms with van der Waals surface area (Å²) in [5.74, 6) is 2.50. The minimum atomic E-state index is 0.170. The summed E-state index contributed by atoms with van der Waals surface area (Å²) in [4.78, 5) is 11.9. The summed E-state index contributed by atoms with van der Waals surface area (Å²) in [6.07, 6.45) is 9.17. The molecule has 23 heavy (non-hydrogen) atoms. The molecule has 1 fully saturated rings. The molecule has 1 N–H and O–H groups in total. The SMILES string of the molecule is COc1ccc(CCNC(=O)CCCC2CCCC2)cc1OC. The fourth-order valence-corrected chi connectivity index (χ4v) is 3.32. The molecule has 1 aliphatic rings. The van der Waals surface area contributed by atoms with E-state index < -0.39 is 0 Å². The lowest BCUT2D eigenvalue weighted by atomic mass is 10.0. The zero-order valence-electron chi connectivity index (χ0n) is 14.4. The summed E-state index contributed by atoms with van der Waals surface area (Å²) in [5.41, 5.74) is 1.13. The normalized spacial score (nSPS) is 14.7. The Balaban J connectivity index is 1.64. The first-order valence-corrected chi connectivity index (χ1v) is 8.70. The Hall–Kier alpha value is -1.71. The zero-order chi connectivity index (χ0) is 16.5. The quantitative estimate of drug-likeness (QED) is 0.754. The van der Waals surface area contributed by atoms with Crippen LogP contribution in [0.2, 0.25) is 0 Å². The molecule has 4 nitrogen and oxygen atoms in total. The van der Waals surface area contributed by atoms with Crippen molar-refractivity contribution < 1.29 is 14.3 Å².